The first kappa shape index (κ1) is 11.6. The Hall–Kier alpha value is -0.520. The van der Waals surface area contributed by atoms with E-state index in [0.717, 1.165) is 0 Å². The monoisotopic (exact) mass is 192 g/mol. The normalized spacial score (nSPS) is 29.7. The highest BCUT2D eigenvalue weighted by molar-refractivity contribution is 5.21. The highest BCUT2D eigenvalue weighted by Gasteiger charge is 2.20. The van der Waals surface area contributed by atoms with E-state index in [1.165, 1.54) is 37.7 Å². The molecule has 0 aromatic heterocycles. The zero-order valence-electron chi connectivity index (χ0n) is 10.2. The van der Waals surface area contributed by atoms with Gasteiger partial charge in [-0.05, 0) is 44.9 Å². The quantitative estimate of drug-likeness (QED) is 0.556. The number of allylic oxidation sites excluding steroid dienone is 4. The Morgan fingerprint density at radius 2 is 2.07 bits per heavy atom. The van der Waals surface area contributed by atoms with Gasteiger partial charge in [-0.2, -0.15) is 0 Å². The van der Waals surface area contributed by atoms with Crippen LogP contribution in [0.1, 0.15) is 59.8 Å². The summed E-state index contributed by atoms with van der Waals surface area (Å²) in [7, 11) is 0. The van der Waals surface area contributed by atoms with Crippen LogP contribution in [0.3, 0.4) is 0 Å². The largest absolute Gasteiger partial charge is 0.0811 e. The van der Waals surface area contributed by atoms with Crippen LogP contribution in [-0.2, 0) is 0 Å². The average molecular weight is 192 g/mol. The molecule has 0 N–H and O–H groups in total. The van der Waals surface area contributed by atoms with Crippen molar-refractivity contribution in [2.45, 2.75) is 59.8 Å². The molecular weight excluding hydrogens is 168 g/mol. The lowest BCUT2D eigenvalue weighted by Gasteiger charge is -2.26. The van der Waals surface area contributed by atoms with Crippen molar-refractivity contribution in [1.29, 1.82) is 0 Å². The Labute approximate surface area is 89.1 Å². The van der Waals surface area contributed by atoms with Crippen LogP contribution in [0.15, 0.2) is 23.3 Å². The number of hydrogen-bond donors (Lipinski definition) is 0. The van der Waals surface area contributed by atoms with Crippen LogP contribution in [0.4, 0.5) is 0 Å². The Bertz CT molecular complexity index is 245. The predicted octanol–water partition coefficient (Wildman–Crippen LogP) is 4.87. The van der Waals surface area contributed by atoms with Gasteiger partial charge in [0.1, 0.15) is 0 Å². The molecule has 1 aliphatic carbocycles. The Morgan fingerprint density at radius 1 is 1.36 bits per heavy atom. The minimum atomic E-state index is 0.541. The second-order valence-corrected chi connectivity index (χ2v) is 5.16. The first-order valence-corrected chi connectivity index (χ1v) is 5.90. The van der Waals surface area contributed by atoms with Crippen molar-refractivity contribution in [2.24, 2.45) is 5.41 Å². The van der Waals surface area contributed by atoms with Gasteiger partial charge < -0.3 is 0 Å². The van der Waals surface area contributed by atoms with Crippen molar-refractivity contribution in [3.63, 3.8) is 0 Å². The molecule has 0 heterocycles. The highest BCUT2D eigenvalue weighted by Crippen LogP contribution is 2.34. The second kappa shape index (κ2) is 4.82. The molecule has 0 nitrogen and oxygen atoms in total. The van der Waals surface area contributed by atoms with Crippen LogP contribution >= 0.6 is 0 Å². The molecule has 0 amide bonds. The fraction of sp³-hybridized carbons (Fsp3) is 0.714. The fourth-order valence-corrected chi connectivity index (χ4v) is 2.14. The van der Waals surface area contributed by atoms with Gasteiger partial charge >= 0.3 is 0 Å². The van der Waals surface area contributed by atoms with Crippen molar-refractivity contribution in [3.05, 3.63) is 23.3 Å². The van der Waals surface area contributed by atoms with Gasteiger partial charge in [0.25, 0.3) is 0 Å². The van der Waals surface area contributed by atoms with E-state index >= 15 is 0 Å². The van der Waals surface area contributed by atoms with E-state index in [1.54, 1.807) is 5.57 Å². The summed E-state index contributed by atoms with van der Waals surface area (Å²) >= 11 is 0. The summed E-state index contributed by atoms with van der Waals surface area (Å²) in [4.78, 5) is 0. The molecule has 0 radical (unpaired) electrons. The lowest BCUT2D eigenvalue weighted by atomic mass is 9.79. The molecule has 0 aliphatic heterocycles. The summed E-state index contributed by atoms with van der Waals surface area (Å²) < 4.78 is 0. The van der Waals surface area contributed by atoms with Crippen LogP contribution in [0.2, 0.25) is 0 Å². The van der Waals surface area contributed by atoms with E-state index < -0.39 is 0 Å². The highest BCUT2D eigenvalue weighted by atomic mass is 14.3. The van der Waals surface area contributed by atoms with E-state index in [0.29, 0.717) is 5.41 Å². The smallest absolute Gasteiger partial charge is 0.0291 e. The maximum Gasteiger partial charge on any atom is -0.0291 e. The maximum atomic E-state index is 2.43. The number of rotatable bonds is 1. The summed E-state index contributed by atoms with van der Waals surface area (Å²) in [5.41, 5.74) is 3.53. The zero-order valence-corrected chi connectivity index (χ0v) is 10.2. The molecule has 0 saturated carbocycles. The van der Waals surface area contributed by atoms with E-state index in [-0.39, 0.29) is 0 Å². The molecule has 1 unspecified atom stereocenters. The first-order valence-electron chi connectivity index (χ1n) is 5.90. The lowest BCUT2D eigenvalue weighted by Crippen LogP contribution is -2.13. The molecule has 0 heteroatoms. The molecule has 1 rings (SSSR count). The SMILES string of the molecule is CCC1(C)CC=C(C)C=C(C)CCC1. The molecule has 80 valence electrons. The fourth-order valence-electron chi connectivity index (χ4n) is 2.14. The van der Waals surface area contributed by atoms with Crippen molar-refractivity contribution in [1.82, 2.24) is 0 Å². The average Bonchev–Trinajstić information content (AvgIpc) is 2.19. The van der Waals surface area contributed by atoms with Crippen molar-refractivity contribution in [2.75, 3.05) is 0 Å². The number of hydrogen-bond acceptors (Lipinski definition) is 0. The zero-order chi connectivity index (χ0) is 10.6. The molecular formula is C14H24. The predicted molar refractivity (Wildman–Crippen MR) is 64.4 cm³/mol. The summed E-state index contributed by atoms with van der Waals surface area (Å²) in [5.74, 6) is 0. The van der Waals surface area contributed by atoms with Gasteiger partial charge in [-0.25, -0.2) is 0 Å². The van der Waals surface area contributed by atoms with Crippen molar-refractivity contribution >= 4 is 0 Å². The van der Waals surface area contributed by atoms with Gasteiger partial charge in [-0.15, -0.1) is 0 Å². The molecule has 0 aromatic rings. The molecule has 14 heavy (non-hydrogen) atoms. The van der Waals surface area contributed by atoms with Crippen LogP contribution in [-0.4, -0.2) is 0 Å². The third kappa shape index (κ3) is 3.32. The first-order chi connectivity index (χ1) is 6.56. The minimum Gasteiger partial charge on any atom is -0.0811 e. The van der Waals surface area contributed by atoms with Gasteiger partial charge in [0.2, 0.25) is 0 Å². The topological polar surface area (TPSA) is 0 Å². The van der Waals surface area contributed by atoms with Crippen LogP contribution in [0.25, 0.3) is 0 Å². The van der Waals surface area contributed by atoms with Crippen molar-refractivity contribution in [3.8, 4) is 0 Å². The van der Waals surface area contributed by atoms with Gasteiger partial charge in [0.15, 0.2) is 0 Å². The molecule has 0 bridgehead atoms. The molecule has 0 aromatic carbocycles. The van der Waals surface area contributed by atoms with Crippen LogP contribution in [0.5, 0.6) is 0 Å². The van der Waals surface area contributed by atoms with Crippen LogP contribution in [0, 0.1) is 5.41 Å². The molecule has 0 spiro atoms. The maximum absolute atomic E-state index is 2.43. The summed E-state index contributed by atoms with van der Waals surface area (Å²) in [6, 6.07) is 0. The third-order valence-electron chi connectivity index (χ3n) is 3.60. The van der Waals surface area contributed by atoms with Gasteiger partial charge in [-0.3, -0.25) is 0 Å². The summed E-state index contributed by atoms with van der Waals surface area (Å²) in [6.07, 6.45) is 11.3. The summed E-state index contributed by atoms with van der Waals surface area (Å²) in [6.45, 7) is 9.23. The standard InChI is InChI=1S/C14H24/c1-5-14(4)9-6-7-12(2)11-13(3)8-10-14/h8,11H,5-7,9-10H2,1-4H3. The summed E-state index contributed by atoms with van der Waals surface area (Å²) in [5, 5.41) is 0. The Morgan fingerprint density at radius 3 is 2.71 bits per heavy atom. The second-order valence-electron chi connectivity index (χ2n) is 5.16. The molecule has 1 aliphatic rings. The third-order valence-corrected chi connectivity index (χ3v) is 3.60. The van der Waals surface area contributed by atoms with E-state index in [4.69, 9.17) is 0 Å². The van der Waals surface area contributed by atoms with E-state index in [1.807, 2.05) is 0 Å². The van der Waals surface area contributed by atoms with Gasteiger partial charge in [0.05, 0.1) is 0 Å². The Kier molecular flexibility index (Phi) is 3.97. The molecule has 0 saturated heterocycles. The Balaban J connectivity index is 2.76. The van der Waals surface area contributed by atoms with E-state index in [2.05, 4.69) is 39.8 Å². The van der Waals surface area contributed by atoms with Gasteiger partial charge in [-0.1, -0.05) is 43.6 Å². The molecule has 1 atom stereocenters. The molecule has 0 fully saturated rings. The van der Waals surface area contributed by atoms with E-state index in [9.17, 15) is 0 Å². The lowest BCUT2D eigenvalue weighted by molar-refractivity contribution is 0.281. The van der Waals surface area contributed by atoms with Gasteiger partial charge in [0, 0.05) is 0 Å². The van der Waals surface area contributed by atoms with Crippen molar-refractivity contribution < 1.29 is 0 Å². The van der Waals surface area contributed by atoms with Crippen LogP contribution < -0.4 is 0 Å². The minimum absolute atomic E-state index is 0.541.